The molecule has 2 amide bonds. The number of imide groups is 1. The molecule has 0 radical (unpaired) electrons. The fourth-order valence-electron chi connectivity index (χ4n) is 4.37. The van der Waals surface area contributed by atoms with Gasteiger partial charge in [0.05, 0.1) is 25.9 Å². The van der Waals surface area contributed by atoms with E-state index in [9.17, 15) is 9.59 Å². The Labute approximate surface area is 237 Å². The molecule has 0 aliphatic rings. The fraction of sp³-hybridized carbons (Fsp3) is 0.469. The SMILES string of the molecule is CCCCOc1cc(OCCCC)c(C(C)(C)C)cc1-c1noc(N(C(C)=O)C(C)=O)c1-c1ccc(OC)cc1. The molecular formula is C32H42N2O6. The monoisotopic (exact) mass is 550 g/mol. The highest BCUT2D eigenvalue weighted by molar-refractivity contribution is 6.15. The van der Waals surface area contributed by atoms with Gasteiger partial charge in [-0.05, 0) is 42.0 Å². The van der Waals surface area contributed by atoms with Gasteiger partial charge in [-0.2, -0.15) is 0 Å². The van der Waals surface area contributed by atoms with Crippen LogP contribution in [0.15, 0.2) is 40.9 Å². The van der Waals surface area contributed by atoms with Crippen LogP contribution in [0.2, 0.25) is 0 Å². The van der Waals surface area contributed by atoms with E-state index in [-0.39, 0.29) is 11.3 Å². The lowest BCUT2D eigenvalue weighted by molar-refractivity contribution is -0.124. The zero-order valence-corrected chi connectivity index (χ0v) is 25.1. The van der Waals surface area contributed by atoms with Gasteiger partial charge in [0.1, 0.15) is 22.9 Å². The minimum atomic E-state index is -0.473. The Bertz CT molecular complexity index is 1290. The number of hydrogen-bond acceptors (Lipinski definition) is 7. The number of hydrogen-bond donors (Lipinski definition) is 0. The first-order chi connectivity index (χ1) is 19.0. The number of carbonyl (C=O) groups excluding carboxylic acids is 2. The Morgan fingerprint density at radius 3 is 1.98 bits per heavy atom. The van der Waals surface area contributed by atoms with Crippen molar-refractivity contribution in [3.63, 3.8) is 0 Å². The molecule has 40 heavy (non-hydrogen) atoms. The number of nitrogens with zero attached hydrogens (tertiary/aromatic N) is 2. The third kappa shape index (κ3) is 7.03. The van der Waals surface area contributed by atoms with Crippen molar-refractivity contribution >= 4 is 17.7 Å². The molecule has 2 aromatic carbocycles. The first kappa shape index (κ1) is 30.7. The molecule has 0 bridgehead atoms. The lowest BCUT2D eigenvalue weighted by Crippen LogP contribution is -2.33. The summed E-state index contributed by atoms with van der Waals surface area (Å²) in [7, 11) is 1.59. The lowest BCUT2D eigenvalue weighted by atomic mass is 9.84. The van der Waals surface area contributed by atoms with E-state index < -0.39 is 11.8 Å². The van der Waals surface area contributed by atoms with E-state index >= 15 is 0 Å². The molecule has 3 rings (SSSR count). The summed E-state index contributed by atoms with van der Waals surface area (Å²) in [5.74, 6) is 1.14. The van der Waals surface area contributed by atoms with Crippen LogP contribution in [0, 0.1) is 0 Å². The second kappa shape index (κ2) is 13.5. The van der Waals surface area contributed by atoms with Crippen LogP contribution < -0.4 is 19.1 Å². The summed E-state index contributed by atoms with van der Waals surface area (Å²) in [5.41, 5.74) is 3.10. The normalized spacial score (nSPS) is 11.3. The Hall–Kier alpha value is -3.81. The highest BCUT2D eigenvalue weighted by Gasteiger charge is 2.32. The van der Waals surface area contributed by atoms with Gasteiger partial charge in [0.15, 0.2) is 0 Å². The molecule has 1 heterocycles. The smallest absolute Gasteiger partial charge is 0.249 e. The van der Waals surface area contributed by atoms with Gasteiger partial charge < -0.3 is 18.7 Å². The molecule has 0 atom stereocenters. The van der Waals surface area contributed by atoms with Gasteiger partial charge in [0, 0.05) is 31.0 Å². The summed E-state index contributed by atoms with van der Waals surface area (Å²) in [6.07, 6.45) is 3.83. The molecule has 8 nitrogen and oxygen atoms in total. The predicted octanol–water partition coefficient (Wildman–Crippen LogP) is 7.57. The van der Waals surface area contributed by atoms with Gasteiger partial charge in [0.25, 0.3) is 0 Å². The number of carbonyl (C=O) groups is 2. The van der Waals surface area contributed by atoms with Gasteiger partial charge in [-0.15, -0.1) is 0 Å². The molecule has 0 unspecified atom stereocenters. The first-order valence-electron chi connectivity index (χ1n) is 13.9. The van der Waals surface area contributed by atoms with E-state index in [0.717, 1.165) is 41.9 Å². The zero-order chi connectivity index (χ0) is 29.4. The summed E-state index contributed by atoms with van der Waals surface area (Å²) in [5, 5.41) is 4.44. The van der Waals surface area contributed by atoms with E-state index in [0.29, 0.717) is 47.1 Å². The van der Waals surface area contributed by atoms with Crippen molar-refractivity contribution in [2.24, 2.45) is 0 Å². The predicted molar refractivity (Wildman–Crippen MR) is 157 cm³/mol. The lowest BCUT2D eigenvalue weighted by Gasteiger charge is -2.25. The molecule has 0 spiro atoms. The second-order valence-electron chi connectivity index (χ2n) is 10.8. The number of ether oxygens (including phenoxy) is 3. The van der Waals surface area contributed by atoms with Crippen LogP contribution >= 0.6 is 0 Å². The van der Waals surface area contributed by atoms with E-state index in [1.807, 2.05) is 36.4 Å². The van der Waals surface area contributed by atoms with Crippen molar-refractivity contribution < 1.29 is 28.3 Å². The van der Waals surface area contributed by atoms with Gasteiger partial charge in [-0.1, -0.05) is 64.7 Å². The van der Waals surface area contributed by atoms with Crippen molar-refractivity contribution in [2.45, 2.75) is 79.6 Å². The number of rotatable bonds is 12. The van der Waals surface area contributed by atoms with E-state index in [2.05, 4.69) is 39.8 Å². The van der Waals surface area contributed by atoms with Crippen LogP contribution in [0.25, 0.3) is 22.4 Å². The number of unbranched alkanes of at least 4 members (excludes halogenated alkanes) is 2. The maximum atomic E-state index is 12.6. The molecule has 0 saturated heterocycles. The summed E-state index contributed by atoms with van der Waals surface area (Å²) < 4.78 is 23.7. The Kier molecular flexibility index (Phi) is 10.4. The van der Waals surface area contributed by atoms with Crippen LogP contribution in [0.1, 0.15) is 79.7 Å². The Morgan fingerprint density at radius 2 is 1.48 bits per heavy atom. The molecule has 0 fully saturated rings. The fourth-order valence-corrected chi connectivity index (χ4v) is 4.37. The van der Waals surface area contributed by atoms with E-state index in [4.69, 9.17) is 18.7 Å². The zero-order valence-electron chi connectivity index (χ0n) is 25.1. The molecule has 0 aliphatic heterocycles. The Morgan fingerprint density at radius 1 is 0.900 bits per heavy atom. The average molecular weight is 551 g/mol. The van der Waals surface area contributed by atoms with Crippen molar-refractivity contribution in [1.82, 2.24) is 5.16 Å². The summed E-state index contributed by atoms with van der Waals surface area (Å²) >= 11 is 0. The van der Waals surface area contributed by atoms with Crippen molar-refractivity contribution in [2.75, 3.05) is 25.2 Å². The minimum absolute atomic E-state index is 0.0558. The second-order valence-corrected chi connectivity index (χ2v) is 10.8. The summed E-state index contributed by atoms with van der Waals surface area (Å²) in [4.78, 5) is 26.1. The third-order valence-corrected chi connectivity index (χ3v) is 6.54. The van der Waals surface area contributed by atoms with Crippen molar-refractivity contribution in [3.8, 4) is 39.6 Å². The largest absolute Gasteiger partial charge is 0.497 e. The molecular weight excluding hydrogens is 508 g/mol. The van der Waals surface area contributed by atoms with E-state index in [1.165, 1.54) is 13.8 Å². The van der Waals surface area contributed by atoms with Gasteiger partial charge in [0.2, 0.25) is 17.7 Å². The van der Waals surface area contributed by atoms with Crippen LogP contribution in [-0.2, 0) is 15.0 Å². The molecule has 0 aliphatic carbocycles. The molecule has 0 saturated carbocycles. The number of amides is 2. The van der Waals surface area contributed by atoms with Crippen LogP contribution in [0.3, 0.4) is 0 Å². The number of anilines is 1. The van der Waals surface area contributed by atoms with Gasteiger partial charge in [-0.25, -0.2) is 4.90 Å². The molecule has 1 aromatic heterocycles. The summed E-state index contributed by atoms with van der Waals surface area (Å²) in [6, 6.07) is 11.3. The van der Waals surface area contributed by atoms with Crippen LogP contribution in [0.4, 0.5) is 5.88 Å². The maximum absolute atomic E-state index is 12.6. The van der Waals surface area contributed by atoms with E-state index in [1.54, 1.807) is 7.11 Å². The first-order valence-corrected chi connectivity index (χ1v) is 13.9. The van der Waals surface area contributed by atoms with Gasteiger partial charge in [-0.3, -0.25) is 9.59 Å². The molecule has 3 aromatic rings. The number of aromatic nitrogens is 1. The molecule has 8 heteroatoms. The van der Waals surface area contributed by atoms with Crippen molar-refractivity contribution in [3.05, 3.63) is 42.0 Å². The number of methoxy groups -OCH3 is 1. The third-order valence-electron chi connectivity index (χ3n) is 6.54. The minimum Gasteiger partial charge on any atom is -0.497 e. The van der Waals surface area contributed by atoms with Crippen LogP contribution in [0.5, 0.6) is 17.2 Å². The van der Waals surface area contributed by atoms with Crippen molar-refractivity contribution in [1.29, 1.82) is 0 Å². The molecule has 216 valence electrons. The standard InChI is InChI=1S/C32H42N2O6/c1-9-11-17-38-27-20-28(39-18-12-10-2)26(32(5,6)7)19-25(27)30-29(23-13-15-24(37-8)16-14-23)31(40-33-30)34(21(3)35)22(4)36/h13-16,19-20H,9-12,17-18H2,1-8H3. The quantitative estimate of drug-likeness (QED) is 0.215. The molecule has 0 N–H and O–H groups in total. The topological polar surface area (TPSA) is 91.1 Å². The van der Waals surface area contributed by atoms with Gasteiger partial charge >= 0.3 is 0 Å². The Balaban J connectivity index is 2.34. The average Bonchev–Trinajstić information content (AvgIpc) is 3.32. The summed E-state index contributed by atoms with van der Waals surface area (Å²) in [6.45, 7) is 14.4. The highest BCUT2D eigenvalue weighted by Crippen LogP contribution is 2.47. The van der Waals surface area contributed by atoms with Crippen LogP contribution in [-0.4, -0.2) is 37.3 Å². The highest BCUT2D eigenvalue weighted by atomic mass is 16.5. The number of benzene rings is 2. The maximum Gasteiger partial charge on any atom is 0.249 e.